The lowest BCUT2D eigenvalue weighted by Crippen LogP contribution is -2.02. The second-order valence-electron chi connectivity index (χ2n) is 5.28. The van der Waals surface area contributed by atoms with Crippen molar-refractivity contribution in [1.82, 2.24) is 9.78 Å². The van der Waals surface area contributed by atoms with Crippen LogP contribution in [0, 0.1) is 0 Å². The molecule has 0 aliphatic heterocycles. The lowest BCUT2D eigenvalue weighted by atomic mass is 10.0. The largest absolute Gasteiger partial charge is 0.396 e. The number of halogens is 1. The summed E-state index contributed by atoms with van der Waals surface area (Å²) in [6.45, 7) is 0.782. The molecule has 4 heteroatoms. The summed E-state index contributed by atoms with van der Waals surface area (Å²) in [6.07, 6.45) is 7.06. The molecule has 1 saturated carbocycles. The molecule has 0 saturated heterocycles. The number of hydrogen-bond acceptors (Lipinski definition) is 2. The number of aromatic nitrogens is 2. The van der Waals surface area contributed by atoms with E-state index in [1.165, 1.54) is 31.2 Å². The van der Waals surface area contributed by atoms with E-state index in [4.69, 9.17) is 5.73 Å². The van der Waals surface area contributed by atoms with Gasteiger partial charge in [-0.2, -0.15) is 5.10 Å². The lowest BCUT2D eigenvalue weighted by Gasteiger charge is -2.06. The molecule has 0 atom stereocenters. The Morgan fingerprint density at radius 1 is 1.21 bits per heavy atom. The van der Waals surface area contributed by atoms with Gasteiger partial charge in [-0.25, -0.2) is 0 Å². The molecule has 3 rings (SSSR count). The van der Waals surface area contributed by atoms with Crippen LogP contribution in [0.3, 0.4) is 0 Å². The molecule has 19 heavy (non-hydrogen) atoms. The minimum absolute atomic E-state index is 0.575. The molecule has 1 aliphatic rings. The van der Waals surface area contributed by atoms with Crippen molar-refractivity contribution in [3.63, 3.8) is 0 Å². The summed E-state index contributed by atoms with van der Waals surface area (Å²) in [4.78, 5) is 0. The van der Waals surface area contributed by atoms with E-state index in [9.17, 15) is 0 Å². The fourth-order valence-electron chi connectivity index (χ4n) is 2.83. The van der Waals surface area contributed by atoms with Crippen LogP contribution < -0.4 is 5.73 Å². The van der Waals surface area contributed by atoms with Gasteiger partial charge in [0.1, 0.15) is 0 Å². The van der Waals surface area contributed by atoms with Crippen molar-refractivity contribution >= 4 is 21.6 Å². The Labute approximate surface area is 121 Å². The average molecular weight is 320 g/mol. The van der Waals surface area contributed by atoms with Gasteiger partial charge in [-0.3, -0.25) is 4.68 Å². The smallest absolute Gasteiger partial charge is 0.0884 e. The first-order chi connectivity index (χ1) is 9.22. The summed E-state index contributed by atoms with van der Waals surface area (Å²) in [6, 6.07) is 8.33. The van der Waals surface area contributed by atoms with Gasteiger partial charge in [0, 0.05) is 16.6 Å². The summed E-state index contributed by atoms with van der Waals surface area (Å²) in [5, 5.41) is 4.69. The van der Waals surface area contributed by atoms with E-state index in [0.29, 0.717) is 5.92 Å². The highest BCUT2D eigenvalue weighted by Crippen LogP contribution is 2.35. The minimum atomic E-state index is 0.575. The molecule has 1 aromatic heterocycles. The SMILES string of the molecule is Nc1cn(Cc2ccc(Br)cc2)nc1C1CCCC1. The van der Waals surface area contributed by atoms with Gasteiger partial charge in [0.15, 0.2) is 0 Å². The highest BCUT2D eigenvalue weighted by atomic mass is 79.9. The van der Waals surface area contributed by atoms with E-state index in [-0.39, 0.29) is 0 Å². The van der Waals surface area contributed by atoms with Crippen LogP contribution in [0.1, 0.15) is 42.9 Å². The monoisotopic (exact) mass is 319 g/mol. The highest BCUT2D eigenvalue weighted by Gasteiger charge is 2.22. The van der Waals surface area contributed by atoms with Crippen LogP contribution in [0.25, 0.3) is 0 Å². The molecule has 1 fully saturated rings. The number of rotatable bonds is 3. The molecule has 2 aromatic rings. The first-order valence-corrected chi connectivity index (χ1v) is 7.59. The maximum absolute atomic E-state index is 6.11. The molecule has 0 radical (unpaired) electrons. The predicted molar refractivity (Wildman–Crippen MR) is 81.1 cm³/mol. The Kier molecular flexibility index (Phi) is 3.60. The standard InChI is InChI=1S/C15H18BrN3/c16-13-7-5-11(6-8-13)9-19-10-14(17)15(18-19)12-3-1-2-4-12/h5-8,10,12H,1-4,9,17H2. The first-order valence-electron chi connectivity index (χ1n) is 6.79. The van der Waals surface area contributed by atoms with Crippen LogP contribution in [-0.2, 0) is 6.54 Å². The minimum Gasteiger partial charge on any atom is -0.396 e. The zero-order valence-corrected chi connectivity index (χ0v) is 12.4. The lowest BCUT2D eigenvalue weighted by molar-refractivity contribution is 0.629. The van der Waals surface area contributed by atoms with E-state index in [2.05, 4.69) is 45.3 Å². The van der Waals surface area contributed by atoms with E-state index >= 15 is 0 Å². The Morgan fingerprint density at radius 2 is 1.89 bits per heavy atom. The van der Waals surface area contributed by atoms with Gasteiger partial charge in [0.05, 0.1) is 17.9 Å². The van der Waals surface area contributed by atoms with Crippen molar-refractivity contribution in [2.75, 3.05) is 5.73 Å². The van der Waals surface area contributed by atoms with Gasteiger partial charge in [0.25, 0.3) is 0 Å². The second-order valence-corrected chi connectivity index (χ2v) is 6.19. The number of nitrogens with two attached hydrogens (primary N) is 1. The van der Waals surface area contributed by atoms with Gasteiger partial charge in [-0.15, -0.1) is 0 Å². The molecular weight excluding hydrogens is 302 g/mol. The third kappa shape index (κ3) is 2.84. The third-order valence-electron chi connectivity index (χ3n) is 3.82. The summed E-state index contributed by atoms with van der Waals surface area (Å²) < 4.78 is 3.06. The molecule has 1 heterocycles. The Hall–Kier alpha value is -1.29. The van der Waals surface area contributed by atoms with E-state index < -0.39 is 0 Å². The van der Waals surface area contributed by atoms with Crippen LogP contribution in [0.15, 0.2) is 34.9 Å². The van der Waals surface area contributed by atoms with Gasteiger partial charge in [-0.1, -0.05) is 40.9 Å². The average Bonchev–Trinajstić information content (AvgIpc) is 3.01. The molecule has 2 N–H and O–H groups in total. The molecular formula is C15H18BrN3. The summed E-state index contributed by atoms with van der Waals surface area (Å²) in [5.74, 6) is 0.575. The normalized spacial score (nSPS) is 16.1. The number of benzene rings is 1. The molecule has 0 spiro atoms. The number of nitrogens with zero attached hydrogens (tertiary/aromatic N) is 2. The van der Waals surface area contributed by atoms with Crippen LogP contribution in [0.2, 0.25) is 0 Å². The van der Waals surface area contributed by atoms with Crippen LogP contribution in [0.4, 0.5) is 5.69 Å². The van der Waals surface area contributed by atoms with Crippen LogP contribution in [-0.4, -0.2) is 9.78 Å². The van der Waals surface area contributed by atoms with Gasteiger partial charge >= 0.3 is 0 Å². The van der Waals surface area contributed by atoms with E-state index in [0.717, 1.165) is 22.4 Å². The van der Waals surface area contributed by atoms with Crippen molar-refractivity contribution in [3.05, 3.63) is 46.2 Å². The van der Waals surface area contributed by atoms with Crippen molar-refractivity contribution in [1.29, 1.82) is 0 Å². The first kappa shape index (κ1) is 12.7. The van der Waals surface area contributed by atoms with E-state index in [1.54, 1.807) is 0 Å². The number of hydrogen-bond donors (Lipinski definition) is 1. The fraction of sp³-hybridized carbons (Fsp3) is 0.400. The fourth-order valence-corrected chi connectivity index (χ4v) is 3.09. The zero-order chi connectivity index (χ0) is 13.2. The second kappa shape index (κ2) is 5.37. The maximum Gasteiger partial charge on any atom is 0.0884 e. The summed E-state index contributed by atoms with van der Waals surface area (Å²) in [5.41, 5.74) is 9.30. The van der Waals surface area contributed by atoms with Crippen molar-refractivity contribution in [2.24, 2.45) is 0 Å². The maximum atomic E-state index is 6.11. The topological polar surface area (TPSA) is 43.8 Å². The molecule has 0 bridgehead atoms. The van der Waals surface area contributed by atoms with Crippen molar-refractivity contribution in [3.8, 4) is 0 Å². The van der Waals surface area contributed by atoms with Crippen molar-refractivity contribution < 1.29 is 0 Å². The molecule has 1 aromatic carbocycles. The van der Waals surface area contributed by atoms with Gasteiger partial charge in [-0.05, 0) is 30.5 Å². The predicted octanol–water partition coefficient (Wildman–Crippen LogP) is 3.93. The highest BCUT2D eigenvalue weighted by molar-refractivity contribution is 9.10. The molecule has 0 unspecified atom stereocenters. The zero-order valence-electron chi connectivity index (χ0n) is 10.8. The van der Waals surface area contributed by atoms with Gasteiger partial charge < -0.3 is 5.73 Å². The molecule has 1 aliphatic carbocycles. The molecule has 3 nitrogen and oxygen atoms in total. The van der Waals surface area contributed by atoms with Crippen LogP contribution >= 0.6 is 15.9 Å². The van der Waals surface area contributed by atoms with Gasteiger partial charge in [0.2, 0.25) is 0 Å². The quantitative estimate of drug-likeness (QED) is 0.931. The summed E-state index contributed by atoms with van der Waals surface area (Å²) in [7, 11) is 0. The Morgan fingerprint density at radius 3 is 2.58 bits per heavy atom. The number of nitrogen functional groups attached to an aromatic ring is 1. The van der Waals surface area contributed by atoms with Crippen molar-refractivity contribution in [2.45, 2.75) is 38.1 Å². The van der Waals surface area contributed by atoms with Crippen LogP contribution in [0.5, 0.6) is 0 Å². The number of anilines is 1. The molecule has 0 amide bonds. The molecule has 100 valence electrons. The third-order valence-corrected chi connectivity index (χ3v) is 4.35. The Bertz CT molecular complexity index is 553. The van der Waals surface area contributed by atoms with E-state index in [1.807, 2.05) is 10.9 Å². The summed E-state index contributed by atoms with van der Waals surface area (Å²) >= 11 is 3.45. The Balaban J connectivity index is 1.78.